The molecule has 0 aromatic rings. The molecule has 0 bridgehead atoms. The van der Waals surface area contributed by atoms with E-state index in [4.69, 9.17) is 18.5 Å². The Hall–Kier alpha value is -3.23. The van der Waals surface area contributed by atoms with Crippen LogP contribution in [-0.4, -0.2) is 98.3 Å². The molecule has 1 aliphatic carbocycles. The number of carbonyl (C=O) groups is 2. The Morgan fingerprint density at radius 2 is 0.831 bits per heavy atom. The molecule has 0 heterocycles. The lowest BCUT2D eigenvalue weighted by Crippen LogP contribution is -2.64. The van der Waals surface area contributed by atoms with Crippen molar-refractivity contribution in [1.29, 1.82) is 0 Å². The maximum Gasteiger partial charge on any atom is 0.472 e. The van der Waals surface area contributed by atoms with E-state index in [1.54, 1.807) is 0 Å². The number of phosphoric ester groups is 1. The molecule has 406 valence electrons. The smallest absolute Gasteiger partial charge is 0.462 e. The number of hydrogen-bond donors (Lipinski definition) is 6. The van der Waals surface area contributed by atoms with Crippen LogP contribution in [0.1, 0.15) is 194 Å². The standard InChI is InChI=1S/C57H95O13P/c1-3-5-7-9-11-13-15-17-19-21-23-24-25-26-28-29-31-33-35-37-39-41-43-45-50(58)67-47-49(48-68-71(65,66)70-57-55(63)53(61)52(60)54(62)56(57)64)69-51(59)46-44-42-40-38-36-34-32-30-27-22-20-18-16-14-12-10-8-6-4-2/h6,8,12,14-15,17-18,20-21,23,27,30,34,36,40,42,49,52-57,60-64H,3-5,7,9-11,13,16,19,22,24-26,28-29,31-33,35,37-39,41,43-48H2,1-2H3,(H,65,66)/b8-6-,14-12-,17-15-,20-18-,23-21-,30-27-,36-34-,42-40-. The molecule has 0 radical (unpaired) electrons. The van der Waals surface area contributed by atoms with Gasteiger partial charge in [0.1, 0.15) is 43.2 Å². The van der Waals surface area contributed by atoms with Gasteiger partial charge in [0.25, 0.3) is 0 Å². The maximum atomic E-state index is 12.9. The highest BCUT2D eigenvalue weighted by Gasteiger charge is 2.51. The van der Waals surface area contributed by atoms with Crippen LogP contribution in [0.15, 0.2) is 97.2 Å². The number of ether oxygens (including phenoxy) is 2. The lowest BCUT2D eigenvalue weighted by molar-refractivity contribution is -0.220. The zero-order valence-electron chi connectivity index (χ0n) is 43.5. The van der Waals surface area contributed by atoms with E-state index in [2.05, 4.69) is 92.8 Å². The van der Waals surface area contributed by atoms with Gasteiger partial charge in [0, 0.05) is 12.8 Å². The molecular weight excluding hydrogens is 924 g/mol. The van der Waals surface area contributed by atoms with Gasteiger partial charge in [-0.25, -0.2) is 4.57 Å². The Balaban J connectivity index is 2.42. The van der Waals surface area contributed by atoms with Gasteiger partial charge in [-0.05, 0) is 83.5 Å². The van der Waals surface area contributed by atoms with Gasteiger partial charge in [0.15, 0.2) is 6.10 Å². The predicted octanol–water partition coefficient (Wildman–Crippen LogP) is 12.2. The monoisotopic (exact) mass is 1020 g/mol. The summed E-state index contributed by atoms with van der Waals surface area (Å²) in [6.07, 6.45) is 48.9. The first kappa shape index (κ1) is 65.8. The van der Waals surface area contributed by atoms with Gasteiger partial charge >= 0.3 is 19.8 Å². The van der Waals surface area contributed by atoms with Crippen LogP contribution in [-0.2, 0) is 32.7 Å². The maximum absolute atomic E-state index is 12.9. The summed E-state index contributed by atoms with van der Waals surface area (Å²) in [5.41, 5.74) is 0. The van der Waals surface area contributed by atoms with Crippen LogP contribution < -0.4 is 0 Å². The summed E-state index contributed by atoms with van der Waals surface area (Å²) < 4.78 is 33.6. The normalized spacial score (nSPS) is 21.4. The number of carbonyl (C=O) groups excluding carboxylic acids is 2. The van der Waals surface area contributed by atoms with Crippen molar-refractivity contribution in [3.05, 3.63) is 97.2 Å². The van der Waals surface area contributed by atoms with Crippen molar-refractivity contribution in [3.8, 4) is 0 Å². The van der Waals surface area contributed by atoms with E-state index < -0.39 is 75.7 Å². The minimum absolute atomic E-state index is 0.0336. The molecule has 1 rings (SSSR count). The third-order valence-corrected chi connectivity index (χ3v) is 12.9. The molecule has 13 nitrogen and oxygen atoms in total. The zero-order valence-corrected chi connectivity index (χ0v) is 44.4. The Morgan fingerprint density at radius 3 is 1.28 bits per heavy atom. The Labute approximate surface area is 428 Å². The van der Waals surface area contributed by atoms with Crippen LogP contribution in [0.2, 0.25) is 0 Å². The molecule has 14 heteroatoms. The summed E-state index contributed by atoms with van der Waals surface area (Å²) >= 11 is 0. The molecular formula is C57H95O13P. The van der Waals surface area contributed by atoms with Crippen molar-refractivity contribution >= 4 is 19.8 Å². The van der Waals surface area contributed by atoms with Crippen LogP contribution >= 0.6 is 7.82 Å². The number of aliphatic hydroxyl groups is 5. The lowest BCUT2D eigenvalue weighted by Gasteiger charge is -2.41. The van der Waals surface area contributed by atoms with E-state index in [0.29, 0.717) is 19.3 Å². The van der Waals surface area contributed by atoms with Gasteiger partial charge < -0.3 is 39.9 Å². The van der Waals surface area contributed by atoms with Crippen molar-refractivity contribution in [1.82, 2.24) is 0 Å². The number of esters is 2. The SMILES string of the molecule is CC/C=C\C/C=C\C/C=C\C/C=C\C/C=C\C/C=C\CCC(=O)OC(COC(=O)CCCCCCCCCCCCC/C=C\C/C=C\CCCCCCC)COP(=O)(O)OC1C(O)C(O)C(O)C(O)C1O. The summed E-state index contributed by atoms with van der Waals surface area (Å²) in [4.78, 5) is 35.9. The molecule has 71 heavy (non-hydrogen) atoms. The van der Waals surface area contributed by atoms with Gasteiger partial charge in [-0.15, -0.1) is 0 Å². The number of aliphatic hydroxyl groups excluding tert-OH is 5. The molecule has 0 saturated heterocycles. The molecule has 6 unspecified atom stereocenters. The lowest BCUT2D eigenvalue weighted by atomic mass is 9.85. The van der Waals surface area contributed by atoms with Crippen LogP contribution in [0, 0.1) is 0 Å². The summed E-state index contributed by atoms with van der Waals surface area (Å²) in [5.74, 6) is -1.20. The number of phosphoric acid groups is 1. The largest absolute Gasteiger partial charge is 0.472 e. The quantitative estimate of drug-likeness (QED) is 0.0145. The number of rotatable bonds is 44. The van der Waals surface area contributed by atoms with Gasteiger partial charge in [-0.1, -0.05) is 195 Å². The predicted molar refractivity (Wildman–Crippen MR) is 285 cm³/mol. The fourth-order valence-electron chi connectivity index (χ4n) is 7.64. The Bertz CT molecular complexity index is 1600. The third-order valence-electron chi connectivity index (χ3n) is 11.9. The third kappa shape index (κ3) is 37.2. The van der Waals surface area contributed by atoms with Crippen molar-refractivity contribution in [2.75, 3.05) is 13.2 Å². The van der Waals surface area contributed by atoms with Crippen molar-refractivity contribution in [2.45, 2.75) is 236 Å². The second-order valence-corrected chi connectivity index (χ2v) is 19.8. The van der Waals surface area contributed by atoms with Gasteiger partial charge in [-0.3, -0.25) is 18.6 Å². The molecule has 1 aliphatic rings. The van der Waals surface area contributed by atoms with E-state index in [1.165, 1.54) is 77.0 Å². The number of hydrogen-bond acceptors (Lipinski definition) is 12. The molecule has 1 saturated carbocycles. The van der Waals surface area contributed by atoms with E-state index in [-0.39, 0.29) is 12.8 Å². The van der Waals surface area contributed by atoms with Gasteiger partial charge in [0.05, 0.1) is 6.61 Å². The molecule has 0 aromatic heterocycles. The first-order valence-electron chi connectivity index (χ1n) is 27.0. The highest BCUT2D eigenvalue weighted by Crippen LogP contribution is 2.47. The summed E-state index contributed by atoms with van der Waals surface area (Å²) in [7, 11) is -5.15. The molecule has 1 fully saturated rings. The zero-order chi connectivity index (χ0) is 52.1. The first-order chi connectivity index (χ1) is 34.4. The summed E-state index contributed by atoms with van der Waals surface area (Å²) in [6.45, 7) is 3.13. The highest BCUT2D eigenvalue weighted by molar-refractivity contribution is 7.47. The summed E-state index contributed by atoms with van der Waals surface area (Å²) in [5, 5.41) is 50.3. The molecule has 0 spiro atoms. The minimum atomic E-state index is -5.15. The molecule has 0 aliphatic heterocycles. The van der Waals surface area contributed by atoms with Gasteiger partial charge in [0.2, 0.25) is 0 Å². The summed E-state index contributed by atoms with van der Waals surface area (Å²) in [6, 6.07) is 0. The average molecular weight is 1020 g/mol. The average Bonchev–Trinajstić information content (AvgIpc) is 3.35. The molecule has 6 atom stereocenters. The van der Waals surface area contributed by atoms with Crippen molar-refractivity contribution in [3.63, 3.8) is 0 Å². The van der Waals surface area contributed by atoms with Crippen LogP contribution in [0.25, 0.3) is 0 Å². The van der Waals surface area contributed by atoms with Crippen molar-refractivity contribution < 1.29 is 63.1 Å². The second kappa shape index (κ2) is 45.4. The highest BCUT2D eigenvalue weighted by atomic mass is 31.2. The number of allylic oxidation sites excluding steroid dienone is 16. The van der Waals surface area contributed by atoms with Crippen LogP contribution in [0.4, 0.5) is 0 Å². The van der Waals surface area contributed by atoms with E-state index >= 15 is 0 Å². The first-order valence-corrected chi connectivity index (χ1v) is 28.5. The van der Waals surface area contributed by atoms with Crippen LogP contribution in [0.3, 0.4) is 0 Å². The van der Waals surface area contributed by atoms with Crippen molar-refractivity contribution in [2.24, 2.45) is 0 Å². The minimum Gasteiger partial charge on any atom is -0.462 e. The topological polar surface area (TPSA) is 210 Å². The van der Waals surface area contributed by atoms with Crippen LogP contribution in [0.5, 0.6) is 0 Å². The fourth-order valence-corrected chi connectivity index (χ4v) is 8.61. The van der Waals surface area contributed by atoms with E-state index in [9.17, 15) is 44.6 Å². The van der Waals surface area contributed by atoms with E-state index in [0.717, 1.165) is 70.6 Å². The van der Waals surface area contributed by atoms with Gasteiger partial charge in [-0.2, -0.15) is 0 Å². The molecule has 6 N–H and O–H groups in total. The van der Waals surface area contributed by atoms with E-state index in [1.807, 2.05) is 18.2 Å². The Morgan fingerprint density at radius 1 is 0.451 bits per heavy atom. The fraction of sp³-hybridized carbons (Fsp3) is 0.684. The second-order valence-electron chi connectivity index (χ2n) is 18.3. The molecule has 0 amide bonds. The number of unbranched alkanes of at least 4 members (excludes halogenated alkanes) is 16. The molecule has 0 aromatic carbocycles. The Kier molecular flexibility index (Phi) is 42.1.